The van der Waals surface area contributed by atoms with Crippen molar-refractivity contribution >= 4 is 5.97 Å². The summed E-state index contributed by atoms with van der Waals surface area (Å²) >= 11 is 0. The summed E-state index contributed by atoms with van der Waals surface area (Å²) in [7, 11) is 1.56. The zero-order valence-corrected chi connectivity index (χ0v) is 9.53. The van der Waals surface area contributed by atoms with Crippen LogP contribution in [0.25, 0.3) is 0 Å². The monoisotopic (exact) mass is 216 g/mol. The average Bonchev–Trinajstić information content (AvgIpc) is 2.23. The van der Waals surface area contributed by atoms with Crippen molar-refractivity contribution in [3.05, 3.63) is 12.2 Å². The van der Waals surface area contributed by atoms with Gasteiger partial charge in [-0.1, -0.05) is 25.5 Å². The molecular formula is C11H20O4. The zero-order chi connectivity index (χ0) is 11.4. The second-order valence-electron chi connectivity index (χ2n) is 2.99. The highest BCUT2D eigenvalue weighted by atomic mass is 16.6. The third-order valence-electron chi connectivity index (χ3n) is 1.61. The van der Waals surface area contributed by atoms with E-state index < -0.39 is 0 Å². The number of carbonyl (C=O) groups excluding carboxylic acids is 1. The van der Waals surface area contributed by atoms with Crippen molar-refractivity contribution in [1.82, 2.24) is 0 Å². The number of ether oxygens (including phenoxy) is 3. The second-order valence-corrected chi connectivity index (χ2v) is 2.99. The van der Waals surface area contributed by atoms with Crippen LogP contribution in [-0.4, -0.2) is 39.5 Å². The molecule has 0 aromatic rings. The van der Waals surface area contributed by atoms with Crippen molar-refractivity contribution in [3.8, 4) is 0 Å². The molecule has 15 heavy (non-hydrogen) atoms. The van der Waals surface area contributed by atoms with Crippen LogP contribution < -0.4 is 0 Å². The van der Waals surface area contributed by atoms with Crippen LogP contribution in [0.1, 0.15) is 19.8 Å². The molecule has 4 heteroatoms. The molecule has 0 aliphatic heterocycles. The maximum atomic E-state index is 11.0. The van der Waals surface area contributed by atoms with Gasteiger partial charge in [0.25, 0.3) is 0 Å². The molecule has 0 rings (SSSR count). The zero-order valence-electron chi connectivity index (χ0n) is 9.53. The van der Waals surface area contributed by atoms with E-state index in [2.05, 4.69) is 6.92 Å². The Balaban J connectivity index is 3.23. The molecule has 0 atom stereocenters. The van der Waals surface area contributed by atoms with E-state index in [1.165, 1.54) is 0 Å². The van der Waals surface area contributed by atoms with Crippen LogP contribution in [0.3, 0.4) is 0 Å². The number of carbonyl (C=O) groups is 1. The van der Waals surface area contributed by atoms with Gasteiger partial charge in [-0.15, -0.1) is 0 Å². The molecule has 0 radical (unpaired) electrons. The third-order valence-corrected chi connectivity index (χ3v) is 1.61. The summed E-state index contributed by atoms with van der Waals surface area (Å²) in [6, 6.07) is 0. The summed E-state index contributed by atoms with van der Waals surface area (Å²) in [6.07, 6.45) is 6.11. The summed E-state index contributed by atoms with van der Waals surface area (Å²) in [6.45, 7) is 3.27. The second kappa shape index (κ2) is 11.2. The Morgan fingerprint density at radius 1 is 1.27 bits per heavy atom. The predicted molar refractivity (Wildman–Crippen MR) is 57.7 cm³/mol. The number of hydrogen-bond acceptors (Lipinski definition) is 4. The van der Waals surface area contributed by atoms with Gasteiger partial charge < -0.3 is 14.2 Å². The van der Waals surface area contributed by atoms with Gasteiger partial charge in [-0.2, -0.15) is 0 Å². The molecule has 4 nitrogen and oxygen atoms in total. The maximum Gasteiger partial charge on any atom is 0.332 e. The minimum absolute atomic E-state index is 0.000178. The standard InChI is InChI=1S/C11H20O4/c1-3-4-5-6-7-14-10-11(12)15-9-8-13-2/h5-6H,3-4,7-10H2,1-2H3/b6-5+. The molecule has 0 fully saturated rings. The maximum absolute atomic E-state index is 11.0. The number of hydrogen-bond donors (Lipinski definition) is 0. The topological polar surface area (TPSA) is 44.8 Å². The lowest BCUT2D eigenvalue weighted by Crippen LogP contribution is -2.15. The summed E-state index contributed by atoms with van der Waals surface area (Å²) in [5, 5.41) is 0. The van der Waals surface area contributed by atoms with Crippen LogP contribution in [0.4, 0.5) is 0 Å². The van der Waals surface area contributed by atoms with Crippen LogP contribution in [0.5, 0.6) is 0 Å². The average molecular weight is 216 g/mol. The lowest BCUT2D eigenvalue weighted by Gasteiger charge is -2.03. The van der Waals surface area contributed by atoms with Gasteiger partial charge in [0.1, 0.15) is 13.2 Å². The van der Waals surface area contributed by atoms with E-state index in [4.69, 9.17) is 14.2 Å². The van der Waals surface area contributed by atoms with E-state index in [9.17, 15) is 4.79 Å². The molecule has 0 aliphatic rings. The predicted octanol–water partition coefficient (Wildman–Crippen LogP) is 1.55. The fourth-order valence-corrected chi connectivity index (χ4v) is 0.843. The number of unbranched alkanes of at least 4 members (excludes halogenated alkanes) is 1. The summed E-state index contributed by atoms with van der Waals surface area (Å²) < 4.78 is 14.6. The molecule has 0 aromatic carbocycles. The lowest BCUT2D eigenvalue weighted by molar-refractivity contribution is -0.149. The Bertz CT molecular complexity index is 177. The van der Waals surface area contributed by atoms with Crippen molar-refractivity contribution in [2.45, 2.75) is 19.8 Å². The van der Waals surface area contributed by atoms with E-state index in [0.29, 0.717) is 13.2 Å². The van der Waals surface area contributed by atoms with E-state index >= 15 is 0 Å². The smallest absolute Gasteiger partial charge is 0.332 e. The van der Waals surface area contributed by atoms with E-state index in [1.54, 1.807) is 7.11 Å². The van der Waals surface area contributed by atoms with Gasteiger partial charge in [-0.05, 0) is 6.42 Å². The van der Waals surface area contributed by atoms with Crippen LogP contribution in [0, 0.1) is 0 Å². The lowest BCUT2D eigenvalue weighted by atomic mass is 10.3. The normalized spacial score (nSPS) is 10.8. The minimum atomic E-state index is -0.351. The summed E-state index contributed by atoms with van der Waals surface area (Å²) in [5.74, 6) is -0.351. The van der Waals surface area contributed by atoms with Gasteiger partial charge in [0.2, 0.25) is 0 Å². The van der Waals surface area contributed by atoms with E-state index in [0.717, 1.165) is 12.8 Å². The van der Waals surface area contributed by atoms with Gasteiger partial charge >= 0.3 is 5.97 Å². The number of methoxy groups -OCH3 is 1. The van der Waals surface area contributed by atoms with Crippen LogP contribution >= 0.6 is 0 Å². The first-order valence-electron chi connectivity index (χ1n) is 5.18. The molecule has 0 N–H and O–H groups in total. The third kappa shape index (κ3) is 11.1. The van der Waals surface area contributed by atoms with Crippen molar-refractivity contribution in [2.75, 3.05) is 33.5 Å². The molecule has 0 saturated heterocycles. The SMILES string of the molecule is CCC/C=C/COCC(=O)OCCOC. The highest BCUT2D eigenvalue weighted by molar-refractivity contribution is 5.70. The highest BCUT2D eigenvalue weighted by Crippen LogP contribution is 1.89. The molecule has 0 unspecified atom stereocenters. The molecular weight excluding hydrogens is 196 g/mol. The van der Waals surface area contributed by atoms with Crippen molar-refractivity contribution in [3.63, 3.8) is 0 Å². The summed E-state index contributed by atoms with van der Waals surface area (Å²) in [4.78, 5) is 11.0. The molecule has 0 aliphatic carbocycles. The molecule has 0 heterocycles. The Morgan fingerprint density at radius 3 is 2.73 bits per heavy atom. The first-order valence-corrected chi connectivity index (χ1v) is 5.18. The van der Waals surface area contributed by atoms with E-state index in [1.807, 2.05) is 12.2 Å². The van der Waals surface area contributed by atoms with Gasteiger partial charge in [0.05, 0.1) is 13.2 Å². The highest BCUT2D eigenvalue weighted by Gasteiger charge is 2.00. The number of allylic oxidation sites excluding steroid dienone is 1. The van der Waals surface area contributed by atoms with Gasteiger partial charge in [0.15, 0.2) is 0 Å². The molecule has 0 spiro atoms. The Labute approximate surface area is 91.2 Å². The van der Waals surface area contributed by atoms with Crippen LogP contribution in [0.15, 0.2) is 12.2 Å². The first-order chi connectivity index (χ1) is 7.31. The fourth-order valence-electron chi connectivity index (χ4n) is 0.843. The molecule has 88 valence electrons. The number of esters is 1. The number of rotatable bonds is 9. The van der Waals surface area contributed by atoms with Crippen molar-refractivity contribution in [2.24, 2.45) is 0 Å². The quantitative estimate of drug-likeness (QED) is 0.333. The Kier molecular flexibility index (Phi) is 10.6. The first kappa shape index (κ1) is 14.1. The Morgan fingerprint density at radius 2 is 2.07 bits per heavy atom. The molecule has 0 saturated carbocycles. The molecule has 0 amide bonds. The van der Waals surface area contributed by atoms with Crippen molar-refractivity contribution in [1.29, 1.82) is 0 Å². The molecule has 0 aromatic heterocycles. The summed E-state index contributed by atoms with van der Waals surface area (Å²) in [5.41, 5.74) is 0. The van der Waals surface area contributed by atoms with Gasteiger partial charge in [0, 0.05) is 7.11 Å². The van der Waals surface area contributed by atoms with Gasteiger partial charge in [-0.3, -0.25) is 0 Å². The largest absolute Gasteiger partial charge is 0.462 e. The Hall–Kier alpha value is -0.870. The van der Waals surface area contributed by atoms with Gasteiger partial charge in [-0.25, -0.2) is 4.79 Å². The van der Waals surface area contributed by atoms with Crippen molar-refractivity contribution < 1.29 is 19.0 Å². The van der Waals surface area contributed by atoms with Crippen LogP contribution in [-0.2, 0) is 19.0 Å². The minimum Gasteiger partial charge on any atom is -0.462 e. The van der Waals surface area contributed by atoms with Crippen LogP contribution in [0.2, 0.25) is 0 Å². The molecule has 0 bridgehead atoms. The fraction of sp³-hybridized carbons (Fsp3) is 0.727. The van der Waals surface area contributed by atoms with E-state index in [-0.39, 0.29) is 19.2 Å².